The number of amides is 1. The van der Waals surface area contributed by atoms with Crippen LogP contribution < -0.4 is 10.1 Å². The van der Waals surface area contributed by atoms with E-state index in [0.717, 1.165) is 38.0 Å². The Morgan fingerprint density at radius 3 is 3.05 bits per heavy atom. The van der Waals surface area contributed by atoms with Crippen LogP contribution in [0, 0.1) is 12.8 Å². The van der Waals surface area contributed by atoms with Crippen molar-refractivity contribution in [3.05, 3.63) is 29.3 Å². The molecule has 2 N–H and O–H groups in total. The molecule has 0 bridgehead atoms. The Labute approximate surface area is 132 Å². The lowest BCUT2D eigenvalue weighted by Gasteiger charge is -2.31. The SMILES string of the molecule is COc1ccc(C)cc1C(=O)NCCN1CCCC(CO)C1. The van der Waals surface area contributed by atoms with Gasteiger partial charge in [0.05, 0.1) is 12.7 Å². The summed E-state index contributed by atoms with van der Waals surface area (Å²) in [6.07, 6.45) is 2.21. The zero-order chi connectivity index (χ0) is 15.9. The molecule has 0 saturated carbocycles. The molecule has 1 heterocycles. The van der Waals surface area contributed by atoms with Crippen LogP contribution in [0.25, 0.3) is 0 Å². The molecule has 0 aromatic heterocycles. The van der Waals surface area contributed by atoms with Crippen LogP contribution in [-0.2, 0) is 0 Å². The highest BCUT2D eigenvalue weighted by atomic mass is 16.5. The van der Waals surface area contributed by atoms with Crippen LogP contribution in [0.1, 0.15) is 28.8 Å². The first-order valence-corrected chi connectivity index (χ1v) is 7.90. The summed E-state index contributed by atoms with van der Waals surface area (Å²) in [5.41, 5.74) is 1.61. The third kappa shape index (κ3) is 4.45. The number of aliphatic hydroxyl groups is 1. The van der Waals surface area contributed by atoms with E-state index in [1.807, 2.05) is 25.1 Å². The molecule has 0 aliphatic carbocycles. The Kier molecular flexibility index (Phi) is 6.21. The van der Waals surface area contributed by atoms with E-state index in [0.29, 0.717) is 23.8 Å². The smallest absolute Gasteiger partial charge is 0.255 e. The number of hydrogen-bond donors (Lipinski definition) is 2. The van der Waals surface area contributed by atoms with Gasteiger partial charge in [-0.05, 0) is 44.4 Å². The Morgan fingerprint density at radius 1 is 1.50 bits per heavy atom. The number of ether oxygens (including phenoxy) is 1. The minimum absolute atomic E-state index is 0.101. The fourth-order valence-electron chi connectivity index (χ4n) is 2.93. The number of piperidine rings is 1. The van der Waals surface area contributed by atoms with Crippen LogP contribution >= 0.6 is 0 Å². The third-order valence-corrected chi connectivity index (χ3v) is 4.17. The van der Waals surface area contributed by atoms with Gasteiger partial charge >= 0.3 is 0 Å². The van der Waals surface area contributed by atoms with Crippen molar-refractivity contribution in [2.45, 2.75) is 19.8 Å². The summed E-state index contributed by atoms with van der Waals surface area (Å²) < 4.78 is 5.25. The predicted molar refractivity (Wildman–Crippen MR) is 86.3 cm³/mol. The number of aliphatic hydroxyl groups excluding tert-OH is 1. The zero-order valence-corrected chi connectivity index (χ0v) is 13.5. The predicted octanol–water partition coefficient (Wildman–Crippen LogP) is 1.44. The van der Waals surface area contributed by atoms with Gasteiger partial charge in [0.2, 0.25) is 0 Å². The van der Waals surface area contributed by atoms with Crippen molar-refractivity contribution in [2.24, 2.45) is 5.92 Å². The molecular formula is C17H26N2O3. The molecule has 122 valence electrons. The van der Waals surface area contributed by atoms with Crippen molar-refractivity contribution >= 4 is 5.91 Å². The quantitative estimate of drug-likeness (QED) is 0.835. The minimum atomic E-state index is -0.101. The number of benzene rings is 1. The summed E-state index contributed by atoms with van der Waals surface area (Å²) >= 11 is 0. The van der Waals surface area contributed by atoms with Crippen LogP contribution in [0.15, 0.2) is 18.2 Å². The second-order valence-corrected chi connectivity index (χ2v) is 5.95. The summed E-state index contributed by atoms with van der Waals surface area (Å²) in [4.78, 5) is 14.6. The molecule has 1 aromatic rings. The largest absolute Gasteiger partial charge is 0.496 e. The van der Waals surface area contributed by atoms with Crippen LogP contribution in [0.4, 0.5) is 0 Å². The van der Waals surface area contributed by atoms with E-state index in [1.54, 1.807) is 7.11 Å². The van der Waals surface area contributed by atoms with Crippen molar-refractivity contribution in [3.8, 4) is 5.75 Å². The van der Waals surface area contributed by atoms with E-state index < -0.39 is 0 Å². The van der Waals surface area contributed by atoms with Gasteiger partial charge in [-0.2, -0.15) is 0 Å². The van der Waals surface area contributed by atoms with Crippen molar-refractivity contribution < 1.29 is 14.6 Å². The number of nitrogens with zero attached hydrogens (tertiary/aromatic N) is 1. The molecule has 1 aliphatic rings. The van der Waals surface area contributed by atoms with Crippen molar-refractivity contribution in [3.63, 3.8) is 0 Å². The van der Waals surface area contributed by atoms with Gasteiger partial charge < -0.3 is 20.1 Å². The van der Waals surface area contributed by atoms with Gasteiger partial charge in [0.25, 0.3) is 5.91 Å². The molecule has 5 heteroatoms. The molecular weight excluding hydrogens is 280 g/mol. The first-order valence-electron chi connectivity index (χ1n) is 7.90. The van der Waals surface area contributed by atoms with Crippen LogP contribution in [0.2, 0.25) is 0 Å². The van der Waals surface area contributed by atoms with Gasteiger partial charge in [-0.1, -0.05) is 11.6 Å². The number of carbonyl (C=O) groups is 1. The summed E-state index contributed by atoms with van der Waals surface area (Å²) in [5, 5.41) is 12.2. The highest BCUT2D eigenvalue weighted by molar-refractivity contribution is 5.97. The summed E-state index contributed by atoms with van der Waals surface area (Å²) in [7, 11) is 1.57. The van der Waals surface area contributed by atoms with E-state index in [2.05, 4.69) is 10.2 Å². The number of hydrogen-bond acceptors (Lipinski definition) is 4. The lowest BCUT2D eigenvalue weighted by Crippen LogP contribution is -2.41. The van der Waals surface area contributed by atoms with E-state index in [4.69, 9.17) is 4.74 Å². The first kappa shape index (κ1) is 16.8. The molecule has 0 radical (unpaired) electrons. The van der Waals surface area contributed by atoms with E-state index in [1.165, 1.54) is 0 Å². The van der Waals surface area contributed by atoms with E-state index in [-0.39, 0.29) is 12.5 Å². The fourth-order valence-corrected chi connectivity index (χ4v) is 2.93. The van der Waals surface area contributed by atoms with Crippen molar-refractivity contribution in [1.82, 2.24) is 10.2 Å². The molecule has 1 aliphatic heterocycles. The highest BCUT2D eigenvalue weighted by Crippen LogP contribution is 2.19. The van der Waals surface area contributed by atoms with Crippen LogP contribution in [0.5, 0.6) is 5.75 Å². The van der Waals surface area contributed by atoms with Crippen molar-refractivity contribution in [2.75, 3.05) is 39.9 Å². The molecule has 0 spiro atoms. The van der Waals surface area contributed by atoms with Gasteiger partial charge in [-0.25, -0.2) is 0 Å². The van der Waals surface area contributed by atoms with Crippen molar-refractivity contribution in [1.29, 1.82) is 0 Å². The van der Waals surface area contributed by atoms with E-state index >= 15 is 0 Å². The average molecular weight is 306 g/mol. The highest BCUT2D eigenvalue weighted by Gasteiger charge is 2.19. The number of likely N-dealkylation sites (tertiary alicyclic amines) is 1. The molecule has 1 atom stereocenters. The van der Waals surface area contributed by atoms with E-state index in [9.17, 15) is 9.90 Å². The molecule has 1 unspecified atom stereocenters. The molecule has 1 fully saturated rings. The van der Waals surface area contributed by atoms with Gasteiger partial charge in [-0.3, -0.25) is 4.79 Å². The molecule has 5 nitrogen and oxygen atoms in total. The maximum atomic E-state index is 12.3. The van der Waals surface area contributed by atoms with Gasteiger partial charge in [0.1, 0.15) is 5.75 Å². The molecule has 1 amide bonds. The standard InChI is InChI=1S/C17H26N2O3/c1-13-5-6-16(22-2)15(10-13)17(21)18-7-9-19-8-3-4-14(11-19)12-20/h5-6,10,14,20H,3-4,7-9,11-12H2,1-2H3,(H,18,21). The Bertz CT molecular complexity index is 505. The third-order valence-electron chi connectivity index (χ3n) is 4.17. The topological polar surface area (TPSA) is 61.8 Å². The van der Waals surface area contributed by atoms with Gasteiger partial charge in [0, 0.05) is 26.2 Å². The van der Waals surface area contributed by atoms with Gasteiger partial charge in [-0.15, -0.1) is 0 Å². The Hall–Kier alpha value is -1.59. The average Bonchev–Trinajstić information content (AvgIpc) is 2.55. The fraction of sp³-hybridized carbons (Fsp3) is 0.588. The molecule has 1 aromatic carbocycles. The number of carbonyl (C=O) groups excluding carboxylic acids is 1. The second kappa shape index (κ2) is 8.15. The maximum Gasteiger partial charge on any atom is 0.255 e. The number of rotatable bonds is 6. The summed E-state index contributed by atoms with van der Waals surface area (Å²) in [6, 6.07) is 5.59. The first-order chi connectivity index (χ1) is 10.6. The summed E-state index contributed by atoms with van der Waals surface area (Å²) in [5.74, 6) is 0.874. The molecule has 2 rings (SSSR count). The maximum absolute atomic E-state index is 12.3. The molecule has 22 heavy (non-hydrogen) atoms. The lowest BCUT2D eigenvalue weighted by molar-refractivity contribution is 0.0927. The Balaban J connectivity index is 1.84. The number of nitrogens with one attached hydrogen (secondary N) is 1. The lowest BCUT2D eigenvalue weighted by atomic mass is 9.99. The minimum Gasteiger partial charge on any atom is -0.496 e. The second-order valence-electron chi connectivity index (χ2n) is 5.95. The monoisotopic (exact) mass is 306 g/mol. The number of methoxy groups -OCH3 is 1. The van der Waals surface area contributed by atoms with Crippen LogP contribution in [-0.4, -0.2) is 55.8 Å². The summed E-state index contributed by atoms with van der Waals surface area (Å²) in [6.45, 7) is 5.59. The number of aryl methyl sites for hydroxylation is 1. The zero-order valence-electron chi connectivity index (χ0n) is 13.5. The Morgan fingerprint density at radius 2 is 2.32 bits per heavy atom. The van der Waals surface area contributed by atoms with Gasteiger partial charge in [0.15, 0.2) is 0 Å². The molecule has 1 saturated heterocycles. The normalized spacial score (nSPS) is 19.0. The van der Waals surface area contributed by atoms with Crippen LogP contribution in [0.3, 0.4) is 0 Å².